The van der Waals surface area contributed by atoms with Crippen LogP contribution in [0.3, 0.4) is 0 Å². The number of carbonyl (C=O) groups excluding carboxylic acids is 1. The van der Waals surface area contributed by atoms with Crippen molar-refractivity contribution in [2.24, 2.45) is 5.41 Å². The number of benzene rings is 2. The van der Waals surface area contributed by atoms with Gasteiger partial charge in [0.1, 0.15) is 11.9 Å². The van der Waals surface area contributed by atoms with Gasteiger partial charge in [0.15, 0.2) is 0 Å². The molecule has 3 aromatic rings. The van der Waals surface area contributed by atoms with Gasteiger partial charge in [-0.05, 0) is 55.7 Å². The number of carbonyl (C=O) groups is 1. The molecule has 1 spiro atoms. The summed E-state index contributed by atoms with van der Waals surface area (Å²) in [7, 11) is 0. The summed E-state index contributed by atoms with van der Waals surface area (Å²) in [4.78, 5) is 16.1. The molecule has 0 bridgehead atoms. The lowest BCUT2D eigenvalue weighted by Gasteiger charge is -2.54. The van der Waals surface area contributed by atoms with Gasteiger partial charge >= 0.3 is 0 Å². The van der Waals surface area contributed by atoms with E-state index >= 15 is 4.39 Å². The highest BCUT2D eigenvalue weighted by Gasteiger charge is 2.54. The molecule has 2 aliphatic rings. The Balaban J connectivity index is 1.56. The molecule has 5 rings (SSSR count). The Morgan fingerprint density at radius 2 is 2.16 bits per heavy atom. The van der Waals surface area contributed by atoms with Crippen molar-refractivity contribution in [2.45, 2.75) is 26.3 Å². The van der Waals surface area contributed by atoms with E-state index in [2.05, 4.69) is 34.7 Å². The first kappa shape index (κ1) is 20.3. The normalized spacial score (nSPS) is 22.2. The molecule has 2 aromatic carbocycles. The third-order valence-electron chi connectivity index (χ3n) is 7.35. The molecule has 1 amide bonds. The average Bonchev–Trinajstić information content (AvgIpc) is 3.46. The summed E-state index contributed by atoms with van der Waals surface area (Å²) in [6, 6.07) is 9.37. The smallest absolute Gasteiger partial charge is 0.246 e. The van der Waals surface area contributed by atoms with Crippen LogP contribution in [-0.2, 0) is 4.79 Å². The van der Waals surface area contributed by atoms with Crippen molar-refractivity contribution in [2.75, 3.05) is 24.5 Å². The number of aromatic nitrogens is 2. The van der Waals surface area contributed by atoms with E-state index in [4.69, 9.17) is 0 Å². The molecule has 2 fully saturated rings. The largest absolute Gasteiger partial charge is 0.370 e. The Hall–Kier alpha value is -3.66. The molecule has 0 aliphatic carbocycles. The van der Waals surface area contributed by atoms with Crippen LogP contribution < -0.4 is 4.90 Å². The molecule has 2 saturated heterocycles. The van der Waals surface area contributed by atoms with Gasteiger partial charge in [0.05, 0.1) is 23.0 Å². The summed E-state index contributed by atoms with van der Waals surface area (Å²) in [6.45, 7) is 9.74. The number of hydrogen-bond donors (Lipinski definition) is 1. The number of H-pyrrole nitrogens is 1. The second-order valence-corrected chi connectivity index (χ2v) is 8.90. The van der Waals surface area contributed by atoms with Crippen LogP contribution in [0.25, 0.3) is 22.0 Å². The second-order valence-electron chi connectivity index (χ2n) is 8.90. The molecule has 1 N–H and O–H groups in total. The summed E-state index contributed by atoms with van der Waals surface area (Å²) >= 11 is 0. The molecular weight excluding hydrogens is 405 g/mol. The highest BCUT2D eigenvalue weighted by atomic mass is 19.1. The van der Waals surface area contributed by atoms with Gasteiger partial charge in [-0.3, -0.25) is 9.89 Å². The number of fused-ring (bicyclic) bond motifs is 1. The van der Waals surface area contributed by atoms with Gasteiger partial charge in [-0.25, -0.2) is 4.39 Å². The number of likely N-dealkylation sites (tertiary alicyclic amines) is 1. The molecule has 6 nitrogen and oxygen atoms in total. The molecule has 2 aliphatic heterocycles. The molecule has 0 radical (unpaired) electrons. The number of nitriles is 1. The number of hydrogen-bond acceptors (Lipinski definition) is 4. The van der Waals surface area contributed by atoms with Crippen LogP contribution in [0, 0.1) is 29.5 Å². The highest BCUT2D eigenvalue weighted by Crippen LogP contribution is 2.48. The molecule has 32 heavy (non-hydrogen) atoms. The molecular formula is C25H24FN5O. The van der Waals surface area contributed by atoms with Crippen molar-refractivity contribution in [1.82, 2.24) is 15.1 Å². The molecule has 3 heterocycles. The minimum Gasteiger partial charge on any atom is -0.370 e. The predicted octanol–water partition coefficient (Wildman–Crippen LogP) is 4.16. The number of rotatable bonds is 3. The van der Waals surface area contributed by atoms with Crippen LogP contribution in [0.4, 0.5) is 10.1 Å². The van der Waals surface area contributed by atoms with Crippen molar-refractivity contribution in [3.05, 3.63) is 60.1 Å². The van der Waals surface area contributed by atoms with Crippen molar-refractivity contribution >= 4 is 22.5 Å². The number of aryl methyl sites for hydroxylation is 1. The van der Waals surface area contributed by atoms with Crippen LogP contribution in [0.15, 0.2) is 43.1 Å². The Morgan fingerprint density at radius 1 is 1.34 bits per heavy atom. The van der Waals surface area contributed by atoms with Crippen LogP contribution in [0.2, 0.25) is 0 Å². The van der Waals surface area contributed by atoms with Gasteiger partial charge in [0.25, 0.3) is 0 Å². The van der Waals surface area contributed by atoms with E-state index in [-0.39, 0.29) is 17.4 Å². The number of nitrogens with zero attached hydrogens (tertiary/aromatic N) is 4. The zero-order valence-corrected chi connectivity index (χ0v) is 18.2. The fraction of sp³-hybridized carbons (Fsp3) is 0.320. The first-order chi connectivity index (χ1) is 15.4. The van der Waals surface area contributed by atoms with E-state index < -0.39 is 5.82 Å². The van der Waals surface area contributed by atoms with Crippen molar-refractivity contribution < 1.29 is 9.18 Å². The number of amides is 1. The minimum absolute atomic E-state index is 0.0135. The van der Waals surface area contributed by atoms with Crippen LogP contribution in [0.5, 0.6) is 0 Å². The number of anilines is 1. The number of halogens is 1. The zero-order valence-electron chi connectivity index (χ0n) is 18.2. The van der Waals surface area contributed by atoms with Crippen LogP contribution in [-0.4, -0.2) is 46.7 Å². The molecule has 7 heteroatoms. The van der Waals surface area contributed by atoms with Crippen molar-refractivity contribution in [3.63, 3.8) is 0 Å². The van der Waals surface area contributed by atoms with Crippen molar-refractivity contribution in [3.8, 4) is 17.2 Å². The van der Waals surface area contributed by atoms with E-state index in [1.807, 2.05) is 24.0 Å². The second kappa shape index (κ2) is 7.20. The van der Waals surface area contributed by atoms with E-state index in [0.29, 0.717) is 23.2 Å². The quantitative estimate of drug-likeness (QED) is 0.635. The van der Waals surface area contributed by atoms with Gasteiger partial charge in [0, 0.05) is 42.0 Å². The maximum Gasteiger partial charge on any atom is 0.246 e. The maximum absolute atomic E-state index is 15.2. The Morgan fingerprint density at radius 3 is 2.88 bits per heavy atom. The maximum atomic E-state index is 15.2. The zero-order chi connectivity index (χ0) is 22.6. The Bertz CT molecular complexity index is 1310. The molecule has 2 atom stereocenters. The van der Waals surface area contributed by atoms with Gasteiger partial charge in [-0.2, -0.15) is 10.4 Å². The first-order valence-corrected chi connectivity index (χ1v) is 10.7. The summed E-state index contributed by atoms with van der Waals surface area (Å²) in [5, 5.41) is 18.0. The fourth-order valence-electron chi connectivity index (χ4n) is 5.43. The third kappa shape index (κ3) is 2.76. The number of aromatic amines is 1. The molecule has 0 saturated carbocycles. The molecule has 2 unspecified atom stereocenters. The lowest BCUT2D eigenvalue weighted by Crippen LogP contribution is -2.65. The van der Waals surface area contributed by atoms with Crippen molar-refractivity contribution in [1.29, 1.82) is 5.26 Å². The van der Waals surface area contributed by atoms with Gasteiger partial charge in [0.2, 0.25) is 5.91 Å². The Labute approximate surface area is 185 Å². The monoisotopic (exact) mass is 429 g/mol. The topological polar surface area (TPSA) is 76.0 Å². The van der Waals surface area contributed by atoms with E-state index in [1.54, 1.807) is 12.3 Å². The van der Waals surface area contributed by atoms with Gasteiger partial charge in [-0.15, -0.1) is 0 Å². The summed E-state index contributed by atoms with van der Waals surface area (Å²) < 4.78 is 15.2. The van der Waals surface area contributed by atoms with E-state index in [1.165, 1.54) is 12.1 Å². The van der Waals surface area contributed by atoms with E-state index in [9.17, 15) is 10.1 Å². The third-order valence-corrected chi connectivity index (χ3v) is 7.35. The average molecular weight is 429 g/mol. The molecule has 162 valence electrons. The summed E-state index contributed by atoms with van der Waals surface area (Å²) in [5.41, 5.74) is 3.76. The minimum atomic E-state index is -0.421. The summed E-state index contributed by atoms with van der Waals surface area (Å²) in [5.74, 6) is -0.470. The highest BCUT2D eigenvalue weighted by molar-refractivity contribution is 5.99. The molecule has 1 aromatic heterocycles. The summed E-state index contributed by atoms with van der Waals surface area (Å²) in [6.07, 6.45) is 3.95. The lowest BCUT2D eigenvalue weighted by atomic mass is 9.71. The van der Waals surface area contributed by atoms with E-state index in [0.717, 1.165) is 41.7 Å². The van der Waals surface area contributed by atoms with Gasteiger partial charge in [-0.1, -0.05) is 12.6 Å². The number of nitrogens with one attached hydrogen (secondary N) is 1. The first-order valence-electron chi connectivity index (χ1n) is 10.7. The Kier molecular flexibility index (Phi) is 4.55. The standard InChI is InChI=1S/C25H24FN5O/c1-4-22(32)31-14-25(16(31)3)9-10-30(13-25)21-8-6-19(26)24(17(21)11-27)23-15(2)5-7-20-18(23)12-28-29-20/h4-8,12,16H,1,9-10,13-14H2,2-3H3,(H,28,29). The fourth-order valence-corrected chi connectivity index (χ4v) is 5.43. The van der Waals surface area contributed by atoms with Crippen LogP contribution >= 0.6 is 0 Å². The lowest BCUT2D eigenvalue weighted by molar-refractivity contribution is -0.145. The predicted molar refractivity (Wildman–Crippen MR) is 122 cm³/mol. The van der Waals surface area contributed by atoms with Gasteiger partial charge < -0.3 is 9.80 Å². The SMILES string of the molecule is C=CC(=O)N1CC2(CCN(c3ccc(F)c(-c4c(C)ccc5[nH]ncc45)c3C#N)C2)C1C. The van der Waals surface area contributed by atoms with Crippen LogP contribution in [0.1, 0.15) is 24.5 Å².